The SMILES string of the molecule is Cc1cc2c(C(C)(C)C)cccc2o1. The van der Waals surface area contributed by atoms with Crippen molar-refractivity contribution in [2.24, 2.45) is 0 Å². The van der Waals surface area contributed by atoms with Crippen molar-refractivity contribution in [2.45, 2.75) is 33.1 Å². The van der Waals surface area contributed by atoms with Crippen molar-refractivity contribution in [2.75, 3.05) is 0 Å². The molecule has 1 heterocycles. The van der Waals surface area contributed by atoms with Crippen molar-refractivity contribution in [3.05, 3.63) is 35.6 Å². The predicted octanol–water partition coefficient (Wildman–Crippen LogP) is 4.04. The molecule has 14 heavy (non-hydrogen) atoms. The fourth-order valence-electron chi connectivity index (χ4n) is 1.84. The van der Waals surface area contributed by atoms with Crippen LogP contribution in [0.5, 0.6) is 0 Å². The van der Waals surface area contributed by atoms with Crippen molar-refractivity contribution in [1.82, 2.24) is 0 Å². The summed E-state index contributed by atoms with van der Waals surface area (Å²) in [6.45, 7) is 8.67. The highest BCUT2D eigenvalue weighted by Gasteiger charge is 2.17. The highest BCUT2D eigenvalue weighted by molar-refractivity contribution is 5.82. The second kappa shape index (κ2) is 2.88. The lowest BCUT2D eigenvalue weighted by Gasteiger charge is -2.19. The van der Waals surface area contributed by atoms with Gasteiger partial charge in [0.15, 0.2) is 0 Å². The van der Waals surface area contributed by atoms with E-state index in [0.29, 0.717) is 0 Å². The maximum Gasteiger partial charge on any atom is 0.134 e. The predicted molar refractivity (Wildman–Crippen MR) is 59.7 cm³/mol. The minimum Gasteiger partial charge on any atom is -0.461 e. The smallest absolute Gasteiger partial charge is 0.134 e. The zero-order valence-electron chi connectivity index (χ0n) is 9.22. The molecule has 0 amide bonds. The first-order chi connectivity index (χ1) is 6.48. The molecule has 0 aliphatic carbocycles. The van der Waals surface area contributed by atoms with Crippen molar-refractivity contribution in [3.63, 3.8) is 0 Å². The third-order valence-corrected chi connectivity index (χ3v) is 2.49. The van der Waals surface area contributed by atoms with Gasteiger partial charge in [0.05, 0.1) is 0 Å². The van der Waals surface area contributed by atoms with E-state index in [1.54, 1.807) is 0 Å². The molecule has 2 aromatic rings. The first-order valence-corrected chi connectivity index (χ1v) is 4.98. The maximum absolute atomic E-state index is 5.60. The molecule has 0 spiro atoms. The molecule has 0 aliphatic rings. The molecule has 0 radical (unpaired) electrons. The van der Waals surface area contributed by atoms with Crippen LogP contribution >= 0.6 is 0 Å². The van der Waals surface area contributed by atoms with Crippen LogP contribution in [0.3, 0.4) is 0 Å². The average Bonchev–Trinajstić information content (AvgIpc) is 2.41. The van der Waals surface area contributed by atoms with Crippen molar-refractivity contribution in [1.29, 1.82) is 0 Å². The zero-order valence-corrected chi connectivity index (χ0v) is 9.22. The van der Waals surface area contributed by atoms with Gasteiger partial charge in [-0.1, -0.05) is 32.9 Å². The van der Waals surface area contributed by atoms with Crippen LogP contribution in [0.4, 0.5) is 0 Å². The van der Waals surface area contributed by atoms with E-state index < -0.39 is 0 Å². The van der Waals surface area contributed by atoms with Gasteiger partial charge in [-0.15, -0.1) is 0 Å². The summed E-state index contributed by atoms with van der Waals surface area (Å²) < 4.78 is 5.60. The lowest BCUT2D eigenvalue weighted by molar-refractivity contribution is 0.575. The van der Waals surface area contributed by atoms with E-state index >= 15 is 0 Å². The molecule has 1 nitrogen and oxygen atoms in total. The third kappa shape index (κ3) is 1.43. The minimum absolute atomic E-state index is 0.176. The van der Waals surface area contributed by atoms with Crippen LogP contribution in [0.25, 0.3) is 11.0 Å². The van der Waals surface area contributed by atoms with E-state index in [1.807, 2.05) is 13.0 Å². The summed E-state index contributed by atoms with van der Waals surface area (Å²) in [6.07, 6.45) is 0. The Kier molecular flexibility index (Phi) is 1.91. The second-order valence-corrected chi connectivity index (χ2v) is 4.82. The van der Waals surface area contributed by atoms with Crippen LogP contribution in [0.15, 0.2) is 28.7 Å². The van der Waals surface area contributed by atoms with E-state index in [0.717, 1.165) is 11.3 Å². The van der Waals surface area contributed by atoms with Crippen molar-refractivity contribution >= 4 is 11.0 Å². The van der Waals surface area contributed by atoms with Gasteiger partial charge in [0.2, 0.25) is 0 Å². The number of hydrogen-bond acceptors (Lipinski definition) is 1. The van der Waals surface area contributed by atoms with E-state index in [4.69, 9.17) is 4.42 Å². The Bertz CT molecular complexity index is 458. The van der Waals surface area contributed by atoms with Gasteiger partial charge in [0.25, 0.3) is 0 Å². The monoisotopic (exact) mass is 188 g/mol. The summed E-state index contributed by atoms with van der Waals surface area (Å²) in [5.74, 6) is 0.983. The topological polar surface area (TPSA) is 13.1 Å². The fourth-order valence-corrected chi connectivity index (χ4v) is 1.84. The molecular weight excluding hydrogens is 172 g/mol. The molecule has 0 N–H and O–H groups in total. The average molecular weight is 188 g/mol. The molecule has 0 saturated heterocycles. The largest absolute Gasteiger partial charge is 0.461 e. The lowest BCUT2D eigenvalue weighted by atomic mass is 9.85. The third-order valence-electron chi connectivity index (χ3n) is 2.49. The Hall–Kier alpha value is -1.24. The Morgan fingerprint density at radius 3 is 2.50 bits per heavy atom. The standard InChI is InChI=1S/C13H16O/c1-9-8-10-11(13(2,3)4)6-5-7-12(10)14-9/h5-8H,1-4H3. The summed E-state index contributed by atoms with van der Waals surface area (Å²) in [5, 5.41) is 1.25. The van der Waals surface area contributed by atoms with Crippen LogP contribution in [-0.2, 0) is 5.41 Å². The number of aryl methyl sites for hydroxylation is 1. The summed E-state index contributed by atoms with van der Waals surface area (Å²) in [7, 11) is 0. The fraction of sp³-hybridized carbons (Fsp3) is 0.385. The summed E-state index contributed by atoms with van der Waals surface area (Å²) in [4.78, 5) is 0. The quantitative estimate of drug-likeness (QED) is 0.608. The Balaban J connectivity index is 2.77. The van der Waals surface area contributed by atoms with E-state index in [-0.39, 0.29) is 5.41 Å². The number of hydrogen-bond donors (Lipinski definition) is 0. The van der Waals surface area contributed by atoms with Gasteiger partial charge in [-0.3, -0.25) is 0 Å². The van der Waals surface area contributed by atoms with E-state index in [2.05, 4.69) is 39.0 Å². The van der Waals surface area contributed by atoms with Crippen LogP contribution < -0.4 is 0 Å². The highest BCUT2D eigenvalue weighted by atomic mass is 16.3. The number of benzene rings is 1. The molecule has 0 atom stereocenters. The van der Waals surface area contributed by atoms with Crippen LogP contribution in [0.1, 0.15) is 32.1 Å². The van der Waals surface area contributed by atoms with Crippen molar-refractivity contribution < 1.29 is 4.42 Å². The second-order valence-electron chi connectivity index (χ2n) is 4.82. The van der Waals surface area contributed by atoms with E-state index in [9.17, 15) is 0 Å². The highest BCUT2D eigenvalue weighted by Crippen LogP contribution is 2.31. The molecule has 0 fully saturated rings. The van der Waals surface area contributed by atoms with Gasteiger partial charge in [-0.05, 0) is 30.0 Å². The molecule has 1 aromatic carbocycles. The summed E-state index contributed by atoms with van der Waals surface area (Å²) in [5.41, 5.74) is 2.53. The molecule has 1 aromatic heterocycles. The van der Waals surface area contributed by atoms with Crippen molar-refractivity contribution in [3.8, 4) is 0 Å². The molecule has 0 saturated carbocycles. The summed E-state index contributed by atoms with van der Waals surface area (Å²) in [6, 6.07) is 8.39. The van der Waals surface area contributed by atoms with Crippen LogP contribution in [0, 0.1) is 6.92 Å². The number of rotatable bonds is 0. The first-order valence-electron chi connectivity index (χ1n) is 4.98. The molecule has 0 unspecified atom stereocenters. The maximum atomic E-state index is 5.60. The number of fused-ring (bicyclic) bond motifs is 1. The molecule has 0 bridgehead atoms. The molecule has 2 rings (SSSR count). The van der Waals surface area contributed by atoms with Gasteiger partial charge in [0.1, 0.15) is 11.3 Å². The lowest BCUT2D eigenvalue weighted by Crippen LogP contribution is -2.10. The van der Waals surface area contributed by atoms with Gasteiger partial charge in [-0.25, -0.2) is 0 Å². The normalized spacial score (nSPS) is 12.3. The molecule has 0 aliphatic heterocycles. The molecule has 1 heteroatoms. The van der Waals surface area contributed by atoms with Gasteiger partial charge in [-0.2, -0.15) is 0 Å². The summed E-state index contributed by atoms with van der Waals surface area (Å²) >= 11 is 0. The Morgan fingerprint density at radius 2 is 1.86 bits per heavy atom. The van der Waals surface area contributed by atoms with Crippen LogP contribution in [0.2, 0.25) is 0 Å². The molecular formula is C13H16O. The minimum atomic E-state index is 0.176. The van der Waals surface area contributed by atoms with Gasteiger partial charge in [0, 0.05) is 5.39 Å². The van der Waals surface area contributed by atoms with Gasteiger partial charge >= 0.3 is 0 Å². The molecule has 74 valence electrons. The number of furan rings is 1. The van der Waals surface area contributed by atoms with Crippen LogP contribution in [-0.4, -0.2) is 0 Å². The van der Waals surface area contributed by atoms with Gasteiger partial charge < -0.3 is 4.42 Å². The Labute approximate surface area is 84.7 Å². The zero-order chi connectivity index (χ0) is 10.3. The van der Waals surface area contributed by atoms with E-state index in [1.165, 1.54) is 10.9 Å². The first kappa shape index (κ1) is 9.32. The Morgan fingerprint density at radius 1 is 1.14 bits per heavy atom.